The van der Waals surface area contributed by atoms with E-state index in [2.05, 4.69) is 10.2 Å². The average Bonchev–Trinajstić information content (AvgIpc) is 2.98. The van der Waals surface area contributed by atoms with Crippen LogP contribution in [0.5, 0.6) is 0 Å². The molecule has 2 nitrogen and oxygen atoms in total. The first-order chi connectivity index (χ1) is 9.75. The lowest BCUT2D eigenvalue weighted by atomic mass is 9.89. The summed E-state index contributed by atoms with van der Waals surface area (Å²) >= 11 is 6.11. The third-order valence-electron chi connectivity index (χ3n) is 4.67. The van der Waals surface area contributed by atoms with Crippen LogP contribution < -0.4 is 5.32 Å². The molecule has 0 spiro atoms. The molecule has 1 aliphatic heterocycles. The van der Waals surface area contributed by atoms with Crippen molar-refractivity contribution >= 4 is 36.4 Å². The first kappa shape index (κ1) is 20.0. The third kappa shape index (κ3) is 4.48. The zero-order valence-corrected chi connectivity index (χ0v) is 15.0. The maximum absolute atomic E-state index is 14.3. The van der Waals surface area contributed by atoms with Gasteiger partial charge in [-0.15, -0.1) is 24.8 Å². The number of hydrogen-bond donors (Lipinski definition) is 1. The van der Waals surface area contributed by atoms with Gasteiger partial charge < -0.3 is 5.32 Å². The van der Waals surface area contributed by atoms with E-state index in [0.29, 0.717) is 10.9 Å². The Morgan fingerprint density at radius 1 is 1.14 bits per heavy atom. The molecule has 126 valence electrons. The van der Waals surface area contributed by atoms with E-state index in [9.17, 15) is 4.39 Å². The highest BCUT2D eigenvalue weighted by molar-refractivity contribution is 6.30. The van der Waals surface area contributed by atoms with E-state index >= 15 is 0 Å². The fraction of sp³-hybridized carbons (Fsp3) is 0.625. The lowest BCUT2D eigenvalue weighted by Gasteiger charge is -2.38. The maximum atomic E-state index is 14.3. The van der Waals surface area contributed by atoms with Gasteiger partial charge >= 0.3 is 0 Å². The summed E-state index contributed by atoms with van der Waals surface area (Å²) in [5, 5.41) is 4.01. The number of benzene rings is 1. The molecule has 1 aromatic rings. The second kappa shape index (κ2) is 9.29. The molecule has 0 unspecified atom stereocenters. The van der Waals surface area contributed by atoms with Crippen molar-refractivity contribution in [3.05, 3.63) is 34.6 Å². The predicted molar refractivity (Wildman–Crippen MR) is 95.0 cm³/mol. The van der Waals surface area contributed by atoms with Gasteiger partial charge in [0.2, 0.25) is 0 Å². The molecule has 1 saturated carbocycles. The fourth-order valence-electron chi connectivity index (χ4n) is 3.72. The van der Waals surface area contributed by atoms with Gasteiger partial charge in [-0.2, -0.15) is 0 Å². The SMILES string of the molecule is Cl.Cl.Fc1ccc(Cl)cc1[C@@H](C1CCCC1)N1CCNCC1. The monoisotopic (exact) mass is 368 g/mol. The molecule has 0 radical (unpaired) electrons. The van der Waals surface area contributed by atoms with Gasteiger partial charge in [-0.1, -0.05) is 24.4 Å². The molecular formula is C16H24Cl3FN2. The second-order valence-electron chi connectivity index (χ2n) is 5.94. The van der Waals surface area contributed by atoms with Crippen molar-refractivity contribution in [2.75, 3.05) is 26.2 Å². The second-order valence-corrected chi connectivity index (χ2v) is 6.38. The zero-order chi connectivity index (χ0) is 13.9. The molecule has 22 heavy (non-hydrogen) atoms. The van der Waals surface area contributed by atoms with E-state index in [1.807, 2.05) is 6.07 Å². The molecule has 0 aromatic heterocycles. The summed E-state index contributed by atoms with van der Waals surface area (Å²) in [5.41, 5.74) is 0.798. The standard InChI is InChI=1S/C16H22ClFN2.2ClH/c17-13-5-6-15(18)14(11-13)16(12-3-1-2-4-12)20-9-7-19-8-10-20;;/h5-6,11-12,16,19H,1-4,7-10H2;2*1H/t16-;;/m1../s1. The van der Waals surface area contributed by atoms with Crippen molar-refractivity contribution in [1.82, 2.24) is 10.2 Å². The van der Waals surface area contributed by atoms with Gasteiger partial charge in [0.1, 0.15) is 5.82 Å². The van der Waals surface area contributed by atoms with E-state index in [1.165, 1.54) is 31.7 Å². The van der Waals surface area contributed by atoms with Crippen LogP contribution in [0.15, 0.2) is 18.2 Å². The summed E-state index contributed by atoms with van der Waals surface area (Å²) < 4.78 is 14.3. The highest BCUT2D eigenvalue weighted by Crippen LogP contribution is 2.41. The minimum atomic E-state index is -0.107. The molecule has 0 bridgehead atoms. The number of rotatable bonds is 3. The number of nitrogens with zero attached hydrogens (tertiary/aromatic N) is 1. The molecule has 0 amide bonds. The Balaban J connectivity index is 0.00000121. The average molecular weight is 370 g/mol. The lowest BCUT2D eigenvalue weighted by molar-refractivity contribution is 0.122. The molecule has 1 atom stereocenters. The first-order valence-electron chi connectivity index (χ1n) is 7.65. The highest BCUT2D eigenvalue weighted by Gasteiger charge is 2.33. The van der Waals surface area contributed by atoms with Crippen LogP contribution in [-0.4, -0.2) is 31.1 Å². The van der Waals surface area contributed by atoms with Gasteiger partial charge in [-0.05, 0) is 37.0 Å². The van der Waals surface area contributed by atoms with Crippen molar-refractivity contribution in [1.29, 1.82) is 0 Å². The molecule has 6 heteroatoms. The van der Waals surface area contributed by atoms with E-state index in [0.717, 1.165) is 31.7 Å². The lowest BCUT2D eigenvalue weighted by Crippen LogP contribution is -2.46. The minimum absolute atomic E-state index is 0. The zero-order valence-electron chi connectivity index (χ0n) is 12.6. The van der Waals surface area contributed by atoms with Crippen LogP contribution in [0.4, 0.5) is 4.39 Å². The van der Waals surface area contributed by atoms with Crippen LogP contribution in [-0.2, 0) is 0 Å². The normalized spacial score (nSPS) is 21.0. The summed E-state index contributed by atoms with van der Waals surface area (Å²) in [6.07, 6.45) is 4.96. The number of piperazine rings is 1. The van der Waals surface area contributed by atoms with E-state index in [-0.39, 0.29) is 36.7 Å². The topological polar surface area (TPSA) is 15.3 Å². The molecule has 1 saturated heterocycles. The minimum Gasteiger partial charge on any atom is -0.314 e. The molecular weight excluding hydrogens is 346 g/mol. The van der Waals surface area contributed by atoms with Crippen LogP contribution >= 0.6 is 36.4 Å². The van der Waals surface area contributed by atoms with Crippen molar-refractivity contribution in [3.8, 4) is 0 Å². The fourth-order valence-corrected chi connectivity index (χ4v) is 3.90. The molecule has 1 aromatic carbocycles. The Bertz CT molecular complexity index is 461. The van der Waals surface area contributed by atoms with E-state index in [4.69, 9.17) is 11.6 Å². The van der Waals surface area contributed by atoms with Crippen molar-refractivity contribution in [2.24, 2.45) is 5.92 Å². The van der Waals surface area contributed by atoms with Crippen molar-refractivity contribution < 1.29 is 4.39 Å². The largest absolute Gasteiger partial charge is 0.314 e. The summed E-state index contributed by atoms with van der Waals surface area (Å²) in [7, 11) is 0. The maximum Gasteiger partial charge on any atom is 0.128 e. The Morgan fingerprint density at radius 3 is 2.41 bits per heavy atom. The Labute approximate surface area is 149 Å². The van der Waals surface area contributed by atoms with Gasteiger partial charge in [-0.25, -0.2) is 4.39 Å². The van der Waals surface area contributed by atoms with Crippen molar-refractivity contribution in [3.63, 3.8) is 0 Å². The Kier molecular flexibility index (Phi) is 8.44. The van der Waals surface area contributed by atoms with E-state index in [1.54, 1.807) is 6.07 Å². The summed E-state index contributed by atoms with van der Waals surface area (Å²) in [6.45, 7) is 3.97. The van der Waals surface area contributed by atoms with Crippen LogP contribution in [0, 0.1) is 11.7 Å². The summed E-state index contributed by atoms with van der Waals surface area (Å²) in [5.74, 6) is 0.464. The number of nitrogens with one attached hydrogen (secondary N) is 1. The highest BCUT2D eigenvalue weighted by atomic mass is 35.5. The molecule has 1 heterocycles. The van der Waals surface area contributed by atoms with E-state index < -0.39 is 0 Å². The quantitative estimate of drug-likeness (QED) is 0.846. The Hall–Kier alpha value is -0.0600. The summed E-state index contributed by atoms with van der Waals surface area (Å²) in [4.78, 5) is 2.45. The summed E-state index contributed by atoms with van der Waals surface area (Å²) in [6, 6.07) is 5.19. The number of halogens is 4. The first-order valence-corrected chi connectivity index (χ1v) is 8.03. The van der Waals surface area contributed by atoms with Gasteiger partial charge in [-0.3, -0.25) is 4.90 Å². The smallest absolute Gasteiger partial charge is 0.128 e. The molecule has 1 aliphatic carbocycles. The van der Waals surface area contributed by atoms with Gasteiger partial charge in [0.05, 0.1) is 0 Å². The van der Waals surface area contributed by atoms with Crippen LogP contribution in [0.25, 0.3) is 0 Å². The van der Waals surface area contributed by atoms with Gasteiger partial charge in [0, 0.05) is 42.8 Å². The van der Waals surface area contributed by atoms with Gasteiger partial charge in [0.15, 0.2) is 0 Å². The van der Waals surface area contributed by atoms with Crippen molar-refractivity contribution in [2.45, 2.75) is 31.7 Å². The third-order valence-corrected chi connectivity index (χ3v) is 4.90. The number of hydrogen-bond acceptors (Lipinski definition) is 2. The van der Waals surface area contributed by atoms with Crippen LogP contribution in [0.2, 0.25) is 5.02 Å². The molecule has 2 fully saturated rings. The molecule has 3 rings (SSSR count). The predicted octanol–water partition coefficient (Wildman–Crippen LogP) is 4.46. The van der Waals surface area contributed by atoms with Gasteiger partial charge in [0.25, 0.3) is 0 Å². The molecule has 1 N–H and O–H groups in total. The van der Waals surface area contributed by atoms with Crippen LogP contribution in [0.3, 0.4) is 0 Å². The Morgan fingerprint density at radius 2 is 1.77 bits per heavy atom. The molecule has 2 aliphatic rings. The van der Waals surface area contributed by atoms with Crippen LogP contribution in [0.1, 0.15) is 37.3 Å².